The maximum Gasteiger partial charge on any atom is 0.417 e. The predicted molar refractivity (Wildman–Crippen MR) is 73.7 cm³/mol. The van der Waals surface area contributed by atoms with Crippen molar-refractivity contribution in [2.75, 3.05) is 0 Å². The van der Waals surface area contributed by atoms with Crippen molar-refractivity contribution < 1.29 is 13.2 Å². The Morgan fingerprint density at radius 1 is 1.19 bits per heavy atom. The van der Waals surface area contributed by atoms with Gasteiger partial charge in [-0.05, 0) is 42.0 Å². The quantitative estimate of drug-likeness (QED) is 0.933. The van der Waals surface area contributed by atoms with Crippen LogP contribution >= 0.6 is 0 Å². The second-order valence-electron chi connectivity index (χ2n) is 5.41. The summed E-state index contributed by atoms with van der Waals surface area (Å²) in [5, 5.41) is 0. The molecule has 110 valence electrons. The van der Waals surface area contributed by atoms with Crippen molar-refractivity contribution in [1.82, 2.24) is 4.98 Å². The Bertz CT molecular complexity index is 635. The number of hydrogen-bond donors (Lipinski definition) is 1. The van der Waals surface area contributed by atoms with Crippen LogP contribution in [0.5, 0.6) is 0 Å². The van der Waals surface area contributed by atoms with Crippen LogP contribution in [0.2, 0.25) is 0 Å². The smallest absolute Gasteiger partial charge is 0.323 e. The highest BCUT2D eigenvalue weighted by Gasteiger charge is 2.31. The van der Waals surface area contributed by atoms with E-state index in [-0.39, 0.29) is 6.04 Å². The number of halogens is 3. The van der Waals surface area contributed by atoms with Gasteiger partial charge in [0.2, 0.25) is 0 Å². The Morgan fingerprint density at radius 3 is 2.57 bits per heavy atom. The highest BCUT2D eigenvalue weighted by molar-refractivity contribution is 5.40. The Hall–Kier alpha value is -1.88. The van der Waals surface area contributed by atoms with E-state index in [1.807, 2.05) is 12.1 Å². The van der Waals surface area contributed by atoms with Crippen LogP contribution in [0.3, 0.4) is 0 Å². The third-order valence-electron chi connectivity index (χ3n) is 3.99. The molecule has 1 aliphatic carbocycles. The van der Waals surface area contributed by atoms with Crippen molar-refractivity contribution in [3.63, 3.8) is 0 Å². The van der Waals surface area contributed by atoms with Crippen molar-refractivity contribution in [2.45, 2.75) is 31.0 Å². The molecule has 2 atom stereocenters. The third-order valence-corrected chi connectivity index (χ3v) is 3.99. The van der Waals surface area contributed by atoms with E-state index in [1.54, 1.807) is 0 Å². The molecule has 0 aliphatic heterocycles. The Balaban J connectivity index is 1.68. The average molecular weight is 292 g/mol. The first-order chi connectivity index (χ1) is 9.95. The Labute approximate surface area is 120 Å². The molecule has 0 spiro atoms. The fraction of sp³-hybridized carbons (Fsp3) is 0.312. The molecule has 1 aliphatic rings. The fourth-order valence-corrected chi connectivity index (χ4v) is 2.79. The van der Waals surface area contributed by atoms with Gasteiger partial charge in [0.1, 0.15) is 0 Å². The van der Waals surface area contributed by atoms with Gasteiger partial charge in [-0.15, -0.1) is 0 Å². The number of aromatic nitrogens is 1. The minimum atomic E-state index is -4.36. The lowest BCUT2D eigenvalue weighted by Crippen LogP contribution is -2.23. The van der Waals surface area contributed by atoms with Crippen LogP contribution in [0, 0.1) is 0 Å². The normalized spacial score (nSPS) is 18.8. The molecular formula is C16H15F3N2. The van der Waals surface area contributed by atoms with Crippen molar-refractivity contribution in [2.24, 2.45) is 5.73 Å². The molecular weight excluding hydrogens is 277 g/mol. The second-order valence-corrected chi connectivity index (χ2v) is 5.41. The number of alkyl halides is 3. The summed E-state index contributed by atoms with van der Waals surface area (Å²) < 4.78 is 37.5. The van der Waals surface area contributed by atoms with Crippen molar-refractivity contribution in [3.05, 3.63) is 65.0 Å². The average Bonchev–Trinajstić information content (AvgIpc) is 2.44. The van der Waals surface area contributed by atoms with E-state index < -0.39 is 11.7 Å². The summed E-state index contributed by atoms with van der Waals surface area (Å²) in [7, 11) is 0. The summed E-state index contributed by atoms with van der Waals surface area (Å²) in [5.41, 5.74) is 8.46. The highest BCUT2D eigenvalue weighted by atomic mass is 19.4. The van der Waals surface area contributed by atoms with Crippen LogP contribution in [0.15, 0.2) is 42.6 Å². The summed E-state index contributed by atoms with van der Waals surface area (Å²) in [6.45, 7) is 0. The van der Waals surface area contributed by atoms with Crippen LogP contribution in [0.4, 0.5) is 13.2 Å². The first kappa shape index (κ1) is 14.1. The topological polar surface area (TPSA) is 38.9 Å². The van der Waals surface area contributed by atoms with E-state index in [0.717, 1.165) is 18.7 Å². The number of fused-ring (bicyclic) bond motifs is 1. The minimum absolute atomic E-state index is 0.342. The molecule has 1 aromatic carbocycles. The van der Waals surface area contributed by atoms with E-state index in [1.165, 1.54) is 17.2 Å². The Kier molecular flexibility index (Phi) is 3.45. The zero-order valence-corrected chi connectivity index (χ0v) is 11.3. The summed E-state index contributed by atoms with van der Waals surface area (Å²) >= 11 is 0. The molecule has 2 nitrogen and oxygen atoms in total. The van der Waals surface area contributed by atoms with Gasteiger partial charge in [0.15, 0.2) is 0 Å². The zero-order valence-electron chi connectivity index (χ0n) is 11.3. The molecule has 2 unspecified atom stereocenters. The molecule has 0 bridgehead atoms. The molecule has 0 fully saturated rings. The molecule has 0 amide bonds. The summed E-state index contributed by atoms with van der Waals surface area (Å²) in [4.78, 5) is 3.87. The van der Waals surface area contributed by atoms with Gasteiger partial charge in [-0.3, -0.25) is 4.98 Å². The largest absolute Gasteiger partial charge is 0.417 e. The van der Waals surface area contributed by atoms with Crippen LogP contribution in [0.1, 0.15) is 40.8 Å². The van der Waals surface area contributed by atoms with Gasteiger partial charge in [0, 0.05) is 12.2 Å². The van der Waals surface area contributed by atoms with Crippen molar-refractivity contribution in [1.29, 1.82) is 0 Å². The van der Waals surface area contributed by atoms with Gasteiger partial charge in [-0.25, -0.2) is 0 Å². The lowest BCUT2D eigenvalue weighted by Gasteiger charge is -2.31. The maximum atomic E-state index is 12.5. The molecule has 1 aromatic heterocycles. The van der Waals surface area contributed by atoms with Crippen LogP contribution in [0.25, 0.3) is 0 Å². The van der Waals surface area contributed by atoms with Gasteiger partial charge in [0.05, 0.1) is 11.3 Å². The molecule has 21 heavy (non-hydrogen) atoms. The molecule has 5 heteroatoms. The van der Waals surface area contributed by atoms with Crippen LogP contribution in [-0.2, 0) is 12.6 Å². The Morgan fingerprint density at radius 2 is 1.95 bits per heavy atom. The van der Waals surface area contributed by atoms with Crippen molar-refractivity contribution in [3.8, 4) is 0 Å². The molecule has 0 saturated heterocycles. The van der Waals surface area contributed by atoms with Gasteiger partial charge in [-0.1, -0.05) is 24.3 Å². The predicted octanol–water partition coefficient (Wildman–Crippen LogP) is 3.83. The molecule has 2 aromatic rings. The monoisotopic (exact) mass is 292 g/mol. The number of nitrogens with zero attached hydrogens (tertiary/aromatic N) is 1. The van der Waals surface area contributed by atoms with E-state index in [2.05, 4.69) is 17.1 Å². The van der Waals surface area contributed by atoms with Gasteiger partial charge in [-0.2, -0.15) is 13.2 Å². The van der Waals surface area contributed by atoms with Gasteiger partial charge in [0.25, 0.3) is 0 Å². The first-order valence-electron chi connectivity index (χ1n) is 6.81. The third kappa shape index (κ3) is 2.78. The maximum absolute atomic E-state index is 12.5. The lowest BCUT2D eigenvalue weighted by atomic mass is 9.74. The second kappa shape index (κ2) is 5.15. The number of pyridine rings is 1. The standard InChI is InChI=1S/C16H15F3N2/c17-16(18,19)12-5-6-15(21-9-12)14(20)8-11-7-10-3-1-2-4-13(10)11/h1-6,9,11,14H,7-8,20H2. The first-order valence-corrected chi connectivity index (χ1v) is 6.81. The molecule has 1 heterocycles. The molecule has 0 saturated carbocycles. The summed E-state index contributed by atoms with van der Waals surface area (Å²) in [6, 6.07) is 10.2. The SMILES string of the molecule is NC(CC1Cc2ccccc21)c1ccc(C(F)(F)F)cn1. The highest BCUT2D eigenvalue weighted by Crippen LogP contribution is 2.40. The molecule has 3 rings (SSSR count). The summed E-state index contributed by atoms with van der Waals surface area (Å²) in [6.07, 6.45) is -1.83. The van der Waals surface area contributed by atoms with E-state index in [9.17, 15) is 13.2 Å². The van der Waals surface area contributed by atoms with Crippen LogP contribution < -0.4 is 5.73 Å². The number of hydrogen-bond acceptors (Lipinski definition) is 2. The number of nitrogens with two attached hydrogens (primary N) is 1. The van der Waals surface area contributed by atoms with E-state index >= 15 is 0 Å². The van der Waals surface area contributed by atoms with E-state index in [0.29, 0.717) is 18.0 Å². The van der Waals surface area contributed by atoms with Gasteiger partial charge < -0.3 is 5.73 Å². The number of rotatable bonds is 3. The lowest BCUT2D eigenvalue weighted by molar-refractivity contribution is -0.137. The zero-order chi connectivity index (χ0) is 15.0. The van der Waals surface area contributed by atoms with Crippen molar-refractivity contribution >= 4 is 0 Å². The molecule has 0 radical (unpaired) electrons. The van der Waals surface area contributed by atoms with E-state index in [4.69, 9.17) is 5.73 Å². The van der Waals surface area contributed by atoms with Crippen LogP contribution in [-0.4, -0.2) is 4.98 Å². The number of benzene rings is 1. The summed E-state index contributed by atoms with van der Waals surface area (Å²) in [5.74, 6) is 0.375. The van der Waals surface area contributed by atoms with Gasteiger partial charge >= 0.3 is 6.18 Å². The molecule has 2 N–H and O–H groups in total. The fourth-order valence-electron chi connectivity index (χ4n) is 2.79. The minimum Gasteiger partial charge on any atom is -0.323 e.